The van der Waals surface area contributed by atoms with Gasteiger partial charge in [0.15, 0.2) is 0 Å². The Morgan fingerprint density at radius 3 is 2.25 bits per heavy atom. The van der Waals surface area contributed by atoms with Crippen molar-refractivity contribution in [1.29, 1.82) is 0 Å². The van der Waals surface area contributed by atoms with Gasteiger partial charge in [0.1, 0.15) is 18.2 Å². The molecule has 0 N–H and O–H groups in total. The first kappa shape index (κ1) is 24.4. The molecule has 2 bridgehead atoms. The highest BCUT2D eigenvalue weighted by atomic mass is 35.5. The molecule has 3 aromatic rings. The van der Waals surface area contributed by atoms with E-state index in [-0.39, 0.29) is 12.2 Å². The minimum atomic E-state index is 0.198. The molecule has 5 nitrogen and oxygen atoms in total. The fraction of sp³-hybridized carbons (Fsp3) is 0.483. The van der Waals surface area contributed by atoms with Gasteiger partial charge in [-0.1, -0.05) is 64.8 Å². The van der Waals surface area contributed by atoms with E-state index in [2.05, 4.69) is 17.3 Å². The molecule has 0 aliphatic heterocycles. The second-order valence-corrected chi connectivity index (χ2v) is 11.1. The van der Waals surface area contributed by atoms with Crippen molar-refractivity contribution in [2.45, 2.75) is 69.9 Å². The maximum absolute atomic E-state index is 6.53. The highest BCUT2D eigenvalue weighted by molar-refractivity contribution is 6.39. The maximum Gasteiger partial charge on any atom is 0.147 e. The molecule has 3 aliphatic carbocycles. The van der Waals surface area contributed by atoms with Crippen LogP contribution >= 0.6 is 23.2 Å². The van der Waals surface area contributed by atoms with Gasteiger partial charge in [-0.05, 0) is 68.1 Å². The van der Waals surface area contributed by atoms with Gasteiger partial charge in [0, 0.05) is 17.0 Å². The Morgan fingerprint density at radius 1 is 0.833 bits per heavy atom. The number of nitrogens with zero attached hydrogens (tertiary/aromatic N) is 1. The average Bonchev–Trinajstić information content (AvgIpc) is 3.60. The number of rotatable bonds is 10. The van der Waals surface area contributed by atoms with Crippen molar-refractivity contribution >= 4 is 23.2 Å². The Bertz CT molecular complexity index is 1150. The molecule has 4 atom stereocenters. The highest BCUT2D eigenvalue weighted by Gasteiger charge is 2.44. The first-order chi connectivity index (χ1) is 17.7. The Hall–Kier alpha value is -1.89. The third-order valence-corrected chi connectivity index (χ3v) is 8.48. The fourth-order valence-electron chi connectivity index (χ4n) is 5.94. The van der Waals surface area contributed by atoms with Crippen LogP contribution in [-0.2, 0) is 27.4 Å². The first-order valence-electron chi connectivity index (χ1n) is 12.9. The van der Waals surface area contributed by atoms with Gasteiger partial charge in [0.25, 0.3) is 0 Å². The van der Waals surface area contributed by atoms with Gasteiger partial charge in [-0.2, -0.15) is 0 Å². The molecule has 0 saturated heterocycles. The van der Waals surface area contributed by atoms with Crippen LogP contribution < -0.4 is 0 Å². The van der Waals surface area contributed by atoms with E-state index in [0.29, 0.717) is 53.5 Å². The second-order valence-electron chi connectivity index (χ2n) is 10.3. The van der Waals surface area contributed by atoms with Crippen molar-refractivity contribution in [1.82, 2.24) is 5.16 Å². The van der Waals surface area contributed by atoms with Gasteiger partial charge < -0.3 is 18.7 Å². The summed E-state index contributed by atoms with van der Waals surface area (Å²) in [6.07, 6.45) is 7.09. The van der Waals surface area contributed by atoms with Crippen LogP contribution in [0.3, 0.4) is 0 Å². The number of fused-ring (bicyclic) bond motifs is 2. The van der Waals surface area contributed by atoms with E-state index in [1.165, 1.54) is 12.8 Å². The molecule has 6 rings (SSSR count). The summed E-state index contributed by atoms with van der Waals surface area (Å²) in [7, 11) is 0. The van der Waals surface area contributed by atoms with E-state index in [1.807, 2.05) is 36.4 Å². The molecular formula is C29H31Cl2NO4. The second kappa shape index (κ2) is 10.8. The Labute approximate surface area is 222 Å². The molecule has 3 saturated carbocycles. The molecule has 2 unspecified atom stereocenters. The van der Waals surface area contributed by atoms with Gasteiger partial charge >= 0.3 is 0 Å². The summed E-state index contributed by atoms with van der Waals surface area (Å²) in [4.78, 5) is 0. The number of hydrogen-bond donors (Lipinski definition) is 0. The minimum absolute atomic E-state index is 0.198. The van der Waals surface area contributed by atoms with E-state index in [0.717, 1.165) is 48.1 Å². The predicted octanol–water partition coefficient (Wildman–Crippen LogP) is 7.79. The Balaban J connectivity index is 1.07. The van der Waals surface area contributed by atoms with Crippen molar-refractivity contribution < 1.29 is 18.7 Å². The zero-order chi connectivity index (χ0) is 24.5. The summed E-state index contributed by atoms with van der Waals surface area (Å²) in [5.74, 6) is 2.37. The fourth-order valence-corrected chi connectivity index (χ4v) is 6.51. The van der Waals surface area contributed by atoms with E-state index >= 15 is 0 Å². The minimum Gasteiger partial charge on any atom is -0.373 e. The van der Waals surface area contributed by atoms with E-state index in [9.17, 15) is 0 Å². The molecule has 0 amide bonds. The van der Waals surface area contributed by atoms with Crippen LogP contribution in [0.5, 0.6) is 0 Å². The van der Waals surface area contributed by atoms with Crippen LogP contribution in [0.1, 0.15) is 61.3 Å². The van der Waals surface area contributed by atoms with Crippen molar-refractivity contribution in [3.63, 3.8) is 0 Å². The number of benzene rings is 2. The van der Waals surface area contributed by atoms with Crippen molar-refractivity contribution in [2.75, 3.05) is 6.79 Å². The normalized spacial score (nSPS) is 25.4. The molecule has 3 fully saturated rings. The molecule has 0 spiro atoms. The summed E-state index contributed by atoms with van der Waals surface area (Å²) >= 11 is 13.0. The van der Waals surface area contributed by atoms with Crippen LogP contribution in [0.15, 0.2) is 53.1 Å². The molecule has 7 heteroatoms. The molecule has 1 aromatic heterocycles. The molecular weight excluding hydrogens is 497 g/mol. The Kier molecular flexibility index (Phi) is 7.36. The van der Waals surface area contributed by atoms with Crippen LogP contribution in [-0.4, -0.2) is 24.2 Å². The predicted molar refractivity (Wildman–Crippen MR) is 139 cm³/mol. The summed E-state index contributed by atoms with van der Waals surface area (Å²) in [5.41, 5.74) is 3.59. The summed E-state index contributed by atoms with van der Waals surface area (Å²) in [6, 6.07) is 15.7. The summed E-state index contributed by atoms with van der Waals surface area (Å²) < 4.78 is 24.3. The number of ether oxygens (including phenoxy) is 3. The van der Waals surface area contributed by atoms with Gasteiger partial charge in [-0.3, -0.25) is 0 Å². The molecule has 190 valence electrons. The zero-order valence-corrected chi connectivity index (χ0v) is 21.7. The molecule has 3 aliphatic rings. The monoisotopic (exact) mass is 527 g/mol. The average molecular weight is 528 g/mol. The zero-order valence-electron chi connectivity index (χ0n) is 20.2. The standard InChI is InChI=1S/C29H31Cl2NO4/c30-24-7-4-8-25(31)26(24)27-23(29(36-32-27)19-9-10-19)16-34-22-13-20-11-12-21(14-22)28(20)35-17-33-15-18-5-2-1-3-6-18/h1-8,19-22,28H,9-17H2/t20-,21+,22?,28?. The van der Waals surface area contributed by atoms with Crippen LogP contribution in [0.2, 0.25) is 10.0 Å². The van der Waals surface area contributed by atoms with Crippen molar-refractivity contribution in [3.8, 4) is 11.3 Å². The molecule has 2 aromatic carbocycles. The number of hydrogen-bond acceptors (Lipinski definition) is 5. The van der Waals surface area contributed by atoms with Crippen molar-refractivity contribution in [3.05, 3.63) is 75.5 Å². The van der Waals surface area contributed by atoms with Crippen LogP contribution in [0.25, 0.3) is 11.3 Å². The third kappa shape index (κ3) is 5.23. The smallest absolute Gasteiger partial charge is 0.147 e. The lowest BCUT2D eigenvalue weighted by molar-refractivity contribution is -0.142. The number of halogens is 2. The van der Waals surface area contributed by atoms with Gasteiger partial charge in [-0.15, -0.1) is 0 Å². The van der Waals surface area contributed by atoms with E-state index < -0.39 is 0 Å². The van der Waals surface area contributed by atoms with Gasteiger partial charge in [-0.25, -0.2) is 0 Å². The quantitative estimate of drug-likeness (QED) is 0.199. The van der Waals surface area contributed by atoms with E-state index in [1.54, 1.807) is 0 Å². The lowest BCUT2D eigenvalue weighted by atomic mass is 9.84. The molecule has 1 heterocycles. The summed E-state index contributed by atoms with van der Waals surface area (Å²) in [5, 5.41) is 5.54. The van der Waals surface area contributed by atoms with Gasteiger partial charge in [0.05, 0.1) is 35.5 Å². The lowest BCUT2D eigenvalue weighted by Crippen LogP contribution is -2.37. The maximum atomic E-state index is 6.53. The summed E-state index contributed by atoms with van der Waals surface area (Å²) in [6.45, 7) is 1.38. The molecule has 0 radical (unpaired) electrons. The highest BCUT2D eigenvalue weighted by Crippen LogP contribution is 2.48. The number of aromatic nitrogens is 1. The SMILES string of the molecule is Clc1cccc(Cl)c1-c1noc(C2CC2)c1COC1C[C@H]2CC[C@@H](C1)C2OCOCc1ccccc1. The third-order valence-electron chi connectivity index (χ3n) is 7.85. The van der Waals surface area contributed by atoms with E-state index in [4.69, 9.17) is 41.9 Å². The van der Waals surface area contributed by atoms with Crippen LogP contribution in [0, 0.1) is 11.8 Å². The van der Waals surface area contributed by atoms with Crippen molar-refractivity contribution in [2.24, 2.45) is 11.8 Å². The Morgan fingerprint density at radius 2 is 1.56 bits per heavy atom. The van der Waals surface area contributed by atoms with Crippen LogP contribution in [0.4, 0.5) is 0 Å². The largest absolute Gasteiger partial charge is 0.373 e. The topological polar surface area (TPSA) is 53.7 Å². The first-order valence-corrected chi connectivity index (χ1v) is 13.7. The molecule has 36 heavy (non-hydrogen) atoms. The van der Waals surface area contributed by atoms with Gasteiger partial charge in [0.2, 0.25) is 0 Å². The lowest BCUT2D eigenvalue weighted by Gasteiger charge is -2.35.